The number of hydrogen-bond donors (Lipinski definition) is 1. The summed E-state index contributed by atoms with van der Waals surface area (Å²) in [5.74, 6) is -1.74. The fourth-order valence-electron chi connectivity index (χ4n) is 2.30. The Morgan fingerprint density at radius 1 is 1.15 bits per heavy atom. The van der Waals surface area contributed by atoms with Crippen molar-refractivity contribution in [2.45, 2.75) is 13.1 Å². The highest BCUT2D eigenvalue weighted by molar-refractivity contribution is 5.99. The molecule has 3 rings (SSSR count). The first-order valence-corrected chi connectivity index (χ1v) is 7.68. The Morgan fingerprint density at radius 3 is 2.50 bits per heavy atom. The fraction of sp³-hybridized carbons (Fsp3) is 0.167. The van der Waals surface area contributed by atoms with Gasteiger partial charge in [0.05, 0.1) is 6.54 Å². The van der Waals surface area contributed by atoms with Gasteiger partial charge < -0.3 is 9.84 Å². The van der Waals surface area contributed by atoms with Crippen molar-refractivity contribution in [3.8, 4) is 11.4 Å². The number of anilines is 1. The highest BCUT2D eigenvalue weighted by Gasteiger charge is 2.38. The first-order chi connectivity index (χ1) is 12.3. The van der Waals surface area contributed by atoms with Crippen LogP contribution in [-0.2, 0) is 6.18 Å². The molecule has 3 aromatic rings. The van der Waals surface area contributed by atoms with Crippen molar-refractivity contribution in [1.29, 1.82) is 0 Å². The Morgan fingerprint density at radius 2 is 1.88 bits per heavy atom. The molecule has 26 heavy (non-hydrogen) atoms. The van der Waals surface area contributed by atoms with E-state index in [-0.39, 0.29) is 18.2 Å². The number of benzene rings is 2. The second-order valence-corrected chi connectivity index (χ2v) is 5.64. The standard InChI is InChI=1S/C18H14F3N3O2/c1-11-3-2-4-14(9-11)22-10-15(25)12-5-7-13(8-6-12)16-23-17(26-24-16)18(19,20)21/h2-9,22H,10H2,1H3. The molecule has 5 nitrogen and oxygen atoms in total. The van der Waals surface area contributed by atoms with Gasteiger partial charge >= 0.3 is 12.1 Å². The van der Waals surface area contributed by atoms with E-state index in [1.54, 1.807) is 0 Å². The topological polar surface area (TPSA) is 68.0 Å². The van der Waals surface area contributed by atoms with Gasteiger partial charge in [0.15, 0.2) is 5.78 Å². The van der Waals surface area contributed by atoms with Crippen LogP contribution < -0.4 is 5.32 Å². The molecular weight excluding hydrogens is 347 g/mol. The molecule has 0 radical (unpaired) electrons. The largest absolute Gasteiger partial charge is 0.471 e. The molecular formula is C18H14F3N3O2. The zero-order valence-electron chi connectivity index (χ0n) is 13.7. The van der Waals surface area contributed by atoms with E-state index in [1.807, 2.05) is 31.2 Å². The summed E-state index contributed by atoms with van der Waals surface area (Å²) in [6, 6.07) is 13.6. The third-order valence-electron chi connectivity index (χ3n) is 3.60. The molecule has 0 bridgehead atoms. The van der Waals surface area contributed by atoms with Crippen molar-refractivity contribution < 1.29 is 22.5 Å². The van der Waals surface area contributed by atoms with E-state index < -0.39 is 12.1 Å². The maximum absolute atomic E-state index is 12.5. The van der Waals surface area contributed by atoms with Gasteiger partial charge in [0.1, 0.15) is 0 Å². The van der Waals surface area contributed by atoms with Crippen LogP contribution in [0, 0.1) is 6.92 Å². The fourth-order valence-corrected chi connectivity index (χ4v) is 2.30. The molecule has 1 aromatic heterocycles. The minimum absolute atomic E-state index is 0.100. The second kappa shape index (κ2) is 6.99. The maximum Gasteiger partial charge on any atom is 0.471 e. The monoisotopic (exact) mass is 361 g/mol. The molecule has 0 aliphatic rings. The number of aromatic nitrogens is 2. The van der Waals surface area contributed by atoms with Crippen molar-refractivity contribution >= 4 is 11.5 Å². The molecule has 0 fully saturated rings. The number of carbonyl (C=O) groups excluding carboxylic acids is 1. The SMILES string of the molecule is Cc1cccc(NCC(=O)c2ccc(-c3noc(C(F)(F)F)n3)cc2)c1. The lowest BCUT2D eigenvalue weighted by Gasteiger charge is -2.07. The number of carbonyl (C=O) groups is 1. The average molecular weight is 361 g/mol. The number of aryl methyl sites for hydroxylation is 1. The lowest BCUT2D eigenvalue weighted by atomic mass is 10.1. The number of halogens is 3. The van der Waals surface area contributed by atoms with Gasteiger partial charge in [-0.05, 0) is 24.6 Å². The van der Waals surface area contributed by atoms with Crippen molar-refractivity contribution in [3.05, 3.63) is 65.5 Å². The molecule has 1 heterocycles. The third-order valence-corrected chi connectivity index (χ3v) is 3.60. The number of nitrogens with one attached hydrogen (secondary N) is 1. The average Bonchev–Trinajstić information content (AvgIpc) is 3.10. The smallest absolute Gasteiger partial charge is 0.378 e. The number of alkyl halides is 3. The van der Waals surface area contributed by atoms with Gasteiger partial charge in [-0.1, -0.05) is 41.6 Å². The Hall–Kier alpha value is -3.16. The summed E-state index contributed by atoms with van der Waals surface area (Å²) in [5, 5.41) is 6.34. The van der Waals surface area contributed by atoms with E-state index in [2.05, 4.69) is 20.0 Å². The Bertz CT molecular complexity index is 918. The van der Waals surface area contributed by atoms with Gasteiger partial charge in [0.25, 0.3) is 0 Å². The molecule has 0 unspecified atom stereocenters. The van der Waals surface area contributed by atoms with E-state index in [4.69, 9.17) is 0 Å². The normalized spacial score (nSPS) is 11.4. The summed E-state index contributed by atoms with van der Waals surface area (Å²) in [4.78, 5) is 15.5. The van der Waals surface area contributed by atoms with Gasteiger partial charge in [-0.25, -0.2) is 0 Å². The Kier molecular flexibility index (Phi) is 4.75. The lowest BCUT2D eigenvalue weighted by Crippen LogP contribution is -2.13. The van der Waals surface area contributed by atoms with Crippen LogP contribution in [0.25, 0.3) is 11.4 Å². The lowest BCUT2D eigenvalue weighted by molar-refractivity contribution is -0.159. The van der Waals surface area contributed by atoms with Crippen LogP contribution in [0.4, 0.5) is 18.9 Å². The molecule has 1 N–H and O–H groups in total. The first kappa shape index (κ1) is 17.7. The number of ketones is 1. The van der Waals surface area contributed by atoms with Gasteiger partial charge in [-0.3, -0.25) is 4.79 Å². The Balaban J connectivity index is 1.67. The van der Waals surface area contributed by atoms with E-state index >= 15 is 0 Å². The van der Waals surface area contributed by atoms with Gasteiger partial charge in [0.2, 0.25) is 5.82 Å². The molecule has 0 saturated heterocycles. The van der Waals surface area contributed by atoms with Crippen LogP contribution in [0.2, 0.25) is 0 Å². The first-order valence-electron chi connectivity index (χ1n) is 7.68. The quantitative estimate of drug-likeness (QED) is 0.684. The van der Waals surface area contributed by atoms with Crippen molar-refractivity contribution in [2.75, 3.05) is 11.9 Å². The predicted octanol–water partition coefficient (Wildman–Crippen LogP) is 4.36. The van der Waals surface area contributed by atoms with Crippen molar-refractivity contribution in [1.82, 2.24) is 10.1 Å². The van der Waals surface area contributed by atoms with E-state index in [1.165, 1.54) is 24.3 Å². The molecule has 0 amide bonds. The summed E-state index contributed by atoms with van der Waals surface area (Å²) in [6.45, 7) is 2.05. The van der Waals surface area contributed by atoms with Crippen LogP contribution >= 0.6 is 0 Å². The molecule has 0 saturated carbocycles. The highest BCUT2D eigenvalue weighted by atomic mass is 19.4. The zero-order chi connectivity index (χ0) is 18.7. The summed E-state index contributed by atoms with van der Waals surface area (Å²) < 4.78 is 41.7. The molecule has 0 aliphatic carbocycles. The number of Topliss-reactive ketones (excluding diaryl/α,β-unsaturated/α-hetero) is 1. The summed E-state index contributed by atoms with van der Waals surface area (Å²) in [6.07, 6.45) is -4.69. The second-order valence-electron chi connectivity index (χ2n) is 5.64. The molecule has 2 aromatic carbocycles. The van der Waals surface area contributed by atoms with Crippen LogP contribution in [0.1, 0.15) is 21.8 Å². The summed E-state index contributed by atoms with van der Waals surface area (Å²) in [5.41, 5.74) is 2.66. The van der Waals surface area contributed by atoms with Gasteiger partial charge in [0, 0.05) is 16.8 Å². The number of hydrogen-bond acceptors (Lipinski definition) is 5. The molecule has 8 heteroatoms. The van der Waals surface area contributed by atoms with Crippen molar-refractivity contribution in [2.24, 2.45) is 0 Å². The third kappa shape index (κ3) is 4.08. The summed E-state index contributed by atoms with van der Waals surface area (Å²) >= 11 is 0. The molecule has 134 valence electrons. The van der Waals surface area contributed by atoms with E-state index in [0.29, 0.717) is 11.1 Å². The minimum Gasteiger partial charge on any atom is -0.378 e. The van der Waals surface area contributed by atoms with E-state index in [0.717, 1.165) is 11.3 Å². The van der Waals surface area contributed by atoms with E-state index in [9.17, 15) is 18.0 Å². The van der Waals surface area contributed by atoms with Crippen LogP contribution in [0.3, 0.4) is 0 Å². The number of rotatable bonds is 5. The van der Waals surface area contributed by atoms with Gasteiger partial charge in [-0.15, -0.1) is 0 Å². The molecule has 0 atom stereocenters. The minimum atomic E-state index is -4.69. The summed E-state index contributed by atoms with van der Waals surface area (Å²) in [7, 11) is 0. The van der Waals surface area contributed by atoms with Crippen molar-refractivity contribution in [3.63, 3.8) is 0 Å². The van der Waals surface area contributed by atoms with Gasteiger partial charge in [-0.2, -0.15) is 18.2 Å². The van der Waals surface area contributed by atoms with Crippen LogP contribution in [-0.4, -0.2) is 22.5 Å². The maximum atomic E-state index is 12.5. The zero-order valence-corrected chi connectivity index (χ0v) is 13.7. The van der Waals surface area contributed by atoms with Crippen LogP contribution in [0.5, 0.6) is 0 Å². The Labute approximate surface area is 146 Å². The van der Waals surface area contributed by atoms with Crippen LogP contribution in [0.15, 0.2) is 53.1 Å². The highest BCUT2D eigenvalue weighted by Crippen LogP contribution is 2.29. The molecule has 0 aliphatic heterocycles. The number of nitrogens with zero attached hydrogens (tertiary/aromatic N) is 2. The molecule has 0 spiro atoms. The predicted molar refractivity (Wildman–Crippen MR) is 88.7 cm³/mol.